The summed E-state index contributed by atoms with van der Waals surface area (Å²) < 4.78 is 7.22. The molecule has 0 unspecified atom stereocenters. The molecule has 2 aromatic heterocycles. The minimum atomic E-state index is -0.518. The summed E-state index contributed by atoms with van der Waals surface area (Å²) in [6, 6.07) is 86.3. The van der Waals surface area contributed by atoms with Gasteiger partial charge in [-0.1, -0.05) is 236 Å². The van der Waals surface area contributed by atoms with Crippen LogP contribution in [0.5, 0.6) is 0 Å². The van der Waals surface area contributed by atoms with E-state index >= 15 is 0 Å². The van der Waals surface area contributed by atoms with Crippen molar-refractivity contribution in [3.8, 4) is 67.5 Å². The molecule has 12 aromatic rings. The van der Waals surface area contributed by atoms with Gasteiger partial charge in [0, 0.05) is 61.1 Å². The first-order valence-electron chi connectivity index (χ1n) is 27.7. The van der Waals surface area contributed by atoms with E-state index in [1.165, 1.54) is 55.8 Å². The number of allylic oxidation sites excluding steroid dienone is 8. The van der Waals surface area contributed by atoms with Crippen LogP contribution in [0.3, 0.4) is 0 Å². The number of benzene rings is 10. The van der Waals surface area contributed by atoms with E-state index in [1.54, 1.807) is 0 Å². The molecule has 10 aromatic carbocycles. The molecular weight excluding hydrogens is 985 g/mol. The largest absolute Gasteiger partial charge is 0.455 e. The van der Waals surface area contributed by atoms with Gasteiger partial charge in [-0.2, -0.15) is 0 Å². The smallest absolute Gasteiger partial charge is 0.164 e. The average Bonchev–Trinajstić information content (AvgIpc) is 4.38. The van der Waals surface area contributed by atoms with Gasteiger partial charge in [0.2, 0.25) is 0 Å². The van der Waals surface area contributed by atoms with Crippen molar-refractivity contribution in [3.63, 3.8) is 0 Å². The van der Waals surface area contributed by atoms with Gasteiger partial charge in [-0.25, -0.2) is 15.0 Å². The van der Waals surface area contributed by atoms with E-state index in [1.807, 2.05) is 66.7 Å². The van der Waals surface area contributed by atoms with Crippen molar-refractivity contribution in [2.75, 3.05) is 4.90 Å². The molecule has 5 nitrogen and oxygen atoms in total. The predicted molar refractivity (Wildman–Crippen MR) is 329 cm³/mol. The summed E-state index contributed by atoms with van der Waals surface area (Å²) in [6.45, 7) is 0. The molecule has 4 aliphatic rings. The Labute approximate surface area is 469 Å². The van der Waals surface area contributed by atoms with Crippen LogP contribution >= 0.6 is 0 Å². The van der Waals surface area contributed by atoms with Gasteiger partial charge in [-0.05, 0) is 111 Å². The van der Waals surface area contributed by atoms with Crippen LogP contribution in [0.2, 0.25) is 0 Å². The summed E-state index contributed by atoms with van der Waals surface area (Å²) in [5.41, 5.74) is 30.9. The Hall–Kier alpha value is -10.7. The van der Waals surface area contributed by atoms with E-state index in [4.69, 9.17) is 19.4 Å². The van der Waals surface area contributed by atoms with Crippen LogP contribution in [-0.4, -0.2) is 15.0 Å². The molecule has 0 saturated carbocycles. The second kappa shape index (κ2) is 18.8. The molecule has 0 saturated heterocycles. The van der Waals surface area contributed by atoms with Crippen molar-refractivity contribution in [2.24, 2.45) is 0 Å². The van der Waals surface area contributed by atoms with Crippen molar-refractivity contribution in [1.29, 1.82) is 0 Å². The number of aromatic nitrogens is 3. The van der Waals surface area contributed by atoms with Gasteiger partial charge in [0.05, 0.1) is 11.1 Å². The highest BCUT2D eigenvalue weighted by Gasteiger charge is 2.54. The first-order valence-corrected chi connectivity index (χ1v) is 27.7. The Morgan fingerprint density at radius 3 is 1.64 bits per heavy atom. The lowest BCUT2D eigenvalue weighted by molar-refractivity contribution is 0.668. The van der Waals surface area contributed by atoms with E-state index in [0.29, 0.717) is 17.5 Å². The van der Waals surface area contributed by atoms with Crippen LogP contribution in [0.25, 0.3) is 101 Å². The van der Waals surface area contributed by atoms with Crippen LogP contribution in [0.15, 0.2) is 294 Å². The molecule has 0 fully saturated rings. The molecule has 2 heterocycles. The molecule has 16 rings (SSSR count). The van der Waals surface area contributed by atoms with Crippen molar-refractivity contribution >= 4 is 44.5 Å². The summed E-state index contributed by atoms with van der Waals surface area (Å²) in [4.78, 5) is 17.6. The van der Waals surface area contributed by atoms with Crippen LogP contribution in [0, 0.1) is 0 Å². The van der Waals surface area contributed by atoms with Gasteiger partial charge in [0.1, 0.15) is 11.2 Å². The standard InChI is InChI=1S/C76H48N4O/c1-4-21-49(22-5-1)50-43-45-56(46-44-50)80(69-42-20-41-68-70(69)64-33-12-15-40-67(64)76(68)65-38-13-10-31-60(65)61-32-11-14-39-66(61)76)57-30-17-28-54(48-57)59-35-19-37-63-62-36-18-34-58(71(62)81-72(59)63)53-27-16-29-55(47-53)75-78-73(51-23-6-2-7-24-51)77-74(79-75)52-25-8-3-9-26-52/h1-11,13-16,18-29,31-32,34-48H,17,30H2. The van der Waals surface area contributed by atoms with Gasteiger partial charge in [0.25, 0.3) is 0 Å². The molecule has 0 atom stereocenters. The number of furan rings is 1. The highest BCUT2D eigenvalue weighted by Crippen LogP contribution is 2.65. The van der Waals surface area contributed by atoms with Crippen LogP contribution < -0.4 is 4.90 Å². The van der Waals surface area contributed by atoms with Crippen LogP contribution in [0.1, 0.15) is 40.7 Å². The van der Waals surface area contributed by atoms with E-state index in [-0.39, 0.29) is 0 Å². The molecule has 0 aliphatic heterocycles. The second-order valence-electron chi connectivity index (χ2n) is 21.1. The van der Waals surface area contributed by atoms with E-state index in [9.17, 15) is 0 Å². The van der Waals surface area contributed by atoms with Crippen LogP contribution in [-0.2, 0) is 5.41 Å². The first-order chi connectivity index (χ1) is 40.2. The molecular formula is C76H48N4O. The normalized spacial score (nSPS) is 14.2. The zero-order chi connectivity index (χ0) is 53.4. The number of nitrogens with zero attached hydrogens (tertiary/aromatic N) is 4. The van der Waals surface area contributed by atoms with Gasteiger partial charge < -0.3 is 9.32 Å². The minimum absolute atomic E-state index is 0.518. The quantitative estimate of drug-likeness (QED) is 0.135. The number of para-hydroxylation sites is 2. The average molecular weight is 1030 g/mol. The van der Waals surface area contributed by atoms with E-state index < -0.39 is 5.41 Å². The molecule has 81 heavy (non-hydrogen) atoms. The number of fused-ring (bicyclic) bond motifs is 13. The maximum absolute atomic E-state index is 7.22. The molecule has 378 valence electrons. The van der Waals surface area contributed by atoms with Crippen molar-refractivity contribution in [3.05, 3.63) is 318 Å². The number of rotatable bonds is 9. The molecule has 5 heteroatoms. The maximum Gasteiger partial charge on any atom is 0.164 e. The molecule has 4 aliphatic carbocycles. The number of hydrogen-bond donors (Lipinski definition) is 0. The zero-order valence-electron chi connectivity index (χ0n) is 44.0. The van der Waals surface area contributed by atoms with E-state index in [2.05, 4.69) is 217 Å². The Balaban J connectivity index is 0.832. The monoisotopic (exact) mass is 1030 g/mol. The number of hydrogen-bond acceptors (Lipinski definition) is 5. The first kappa shape index (κ1) is 46.4. The SMILES string of the molecule is C1=C=C2C(=CC=1)C1(c3ccccc3-c3ccccc31)c1cccc(N(C3=CC(c4cccc5c4oc4c(-c6cccc(-c7nc(-c8ccccc8)nc(-c8ccccc8)n7)c6)cccc45)=CCC3)c3ccc(-c4ccccc4)cc3)c12. The Bertz CT molecular complexity index is 4660. The van der Waals surface area contributed by atoms with Crippen LogP contribution in [0.4, 0.5) is 11.4 Å². The summed E-state index contributed by atoms with van der Waals surface area (Å²) in [6.07, 6.45) is 10.8. The summed E-state index contributed by atoms with van der Waals surface area (Å²) in [7, 11) is 0. The molecule has 0 bridgehead atoms. The molecule has 0 amide bonds. The lowest BCUT2D eigenvalue weighted by Crippen LogP contribution is -2.26. The Kier molecular flexibility index (Phi) is 10.8. The summed E-state index contributed by atoms with van der Waals surface area (Å²) in [5, 5.41) is 2.13. The zero-order valence-corrected chi connectivity index (χ0v) is 44.0. The third-order valence-electron chi connectivity index (χ3n) is 16.7. The molecule has 0 radical (unpaired) electrons. The highest BCUT2D eigenvalue weighted by molar-refractivity contribution is 6.13. The van der Waals surface area contributed by atoms with Crippen molar-refractivity contribution < 1.29 is 4.42 Å². The van der Waals surface area contributed by atoms with Gasteiger partial charge in [-0.15, -0.1) is 0 Å². The Morgan fingerprint density at radius 2 is 0.963 bits per heavy atom. The third-order valence-corrected chi connectivity index (χ3v) is 16.7. The number of anilines is 2. The lowest BCUT2D eigenvalue weighted by Gasteiger charge is -2.33. The van der Waals surface area contributed by atoms with E-state index in [0.717, 1.165) is 90.7 Å². The van der Waals surface area contributed by atoms with Crippen molar-refractivity contribution in [1.82, 2.24) is 15.0 Å². The lowest BCUT2D eigenvalue weighted by atomic mass is 9.70. The molecule has 0 N–H and O–H groups in total. The summed E-state index contributed by atoms with van der Waals surface area (Å²) >= 11 is 0. The minimum Gasteiger partial charge on any atom is -0.455 e. The fourth-order valence-corrected chi connectivity index (χ4v) is 13.1. The Morgan fingerprint density at radius 1 is 0.444 bits per heavy atom. The van der Waals surface area contributed by atoms with Gasteiger partial charge in [0.15, 0.2) is 17.5 Å². The maximum atomic E-state index is 7.22. The predicted octanol–water partition coefficient (Wildman–Crippen LogP) is 19.0. The second-order valence-corrected chi connectivity index (χ2v) is 21.1. The third kappa shape index (κ3) is 7.38. The van der Waals surface area contributed by atoms with Crippen molar-refractivity contribution in [2.45, 2.75) is 18.3 Å². The highest BCUT2D eigenvalue weighted by atomic mass is 16.3. The van der Waals surface area contributed by atoms with Gasteiger partial charge in [-0.3, -0.25) is 0 Å². The fourth-order valence-electron chi connectivity index (χ4n) is 13.1. The van der Waals surface area contributed by atoms with Gasteiger partial charge >= 0.3 is 0 Å². The fraction of sp³-hybridized carbons (Fsp3) is 0.0395. The summed E-state index contributed by atoms with van der Waals surface area (Å²) in [5.74, 6) is 1.85. The topological polar surface area (TPSA) is 55.1 Å². The molecule has 1 spiro atoms.